The van der Waals surface area contributed by atoms with E-state index >= 15 is 0 Å². The minimum Gasteiger partial charge on any atom is -0.460 e. The number of hydrogen-bond donors (Lipinski definition) is 1. The van der Waals surface area contributed by atoms with Gasteiger partial charge >= 0.3 is 11.9 Å². The van der Waals surface area contributed by atoms with Gasteiger partial charge in [-0.05, 0) is 6.92 Å². The van der Waals surface area contributed by atoms with Crippen molar-refractivity contribution in [1.29, 1.82) is 0 Å². The van der Waals surface area contributed by atoms with Crippen LogP contribution in [0.1, 0.15) is 20.8 Å². The lowest BCUT2D eigenvalue weighted by atomic mass is 10.1. The number of carbonyl (C=O) groups is 2. The van der Waals surface area contributed by atoms with Gasteiger partial charge in [0.05, 0.1) is 0 Å². The minimum absolute atomic E-state index is 0.483. The Morgan fingerprint density at radius 3 is 2.28 bits per heavy atom. The van der Waals surface area contributed by atoms with Crippen LogP contribution in [-0.2, 0) is 28.5 Å². The highest BCUT2D eigenvalue weighted by molar-refractivity contribution is 5.67. The van der Waals surface area contributed by atoms with Crippen molar-refractivity contribution in [1.82, 2.24) is 0 Å². The maximum atomic E-state index is 11.0. The number of methoxy groups -OCH3 is 1. The van der Waals surface area contributed by atoms with Gasteiger partial charge in [-0.1, -0.05) is 0 Å². The van der Waals surface area contributed by atoms with Crippen molar-refractivity contribution in [2.45, 2.75) is 51.5 Å². The molecule has 1 aliphatic heterocycles. The number of aliphatic hydroxyl groups excluding tert-OH is 1. The quantitative estimate of drug-likeness (QED) is 0.689. The van der Waals surface area contributed by atoms with E-state index in [0.29, 0.717) is 0 Å². The van der Waals surface area contributed by atoms with Gasteiger partial charge in [-0.3, -0.25) is 9.59 Å². The van der Waals surface area contributed by atoms with Gasteiger partial charge in [-0.15, -0.1) is 0 Å². The van der Waals surface area contributed by atoms with Crippen LogP contribution in [0.3, 0.4) is 0 Å². The summed E-state index contributed by atoms with van der Waals surface area (Å²) in [7, 11) is 1.37. The molecule has 1 saturated heterocycles. The van der Waals surface area contributed by atoms with Gasteiger partial charge in [-0.25, -0.2) is 0 Å². The molecule has 1 aliphatic rings. The Kier molecular flexibility index (Phi) is 5.06. The normalized spacial score (nSPS) is 32.9. The highest BCUT2D eigenvalue weighted by Gasteiger charge is 2.49. The topological polar surface area (TPSA) is 91.3 Å². The van der Waals surface area contributed by atoms with Crippen molar-refractivity contribution >= 4 is 11.9 Å². The summed E-state index contributed by atoms with van der Waals surface area (Å²) in [6.45, 7) is 4.09. The molecule has 1 fully saturated rings. The molecule has 0 radical (unpaired) electrons. The fourth-order valence-corrected chi connectivity index (χ4v) is 1.95. The molecule has 0 aromatic heterocycles. The Hall–Kier alpha value is -1.18. The monoisotopic (exact) mass is 262 g/mol. The average molecular weight is 262 g/mol. The third-order valence-electron chi connectivity index (χ3n) is 2.61. The van der Waals surface area contributed by atoms with Crippen LogP contribution in [0.5, 0.6) is 0 Å². The number of aliphatic hydroxyl groups is 1. The van der Waals surface area contributed by atoms with E-state index in [1.54, 1.807) is 6.92 Å². The van der Waals surface area contributed by atoms with E-state index in [-0.39, 0.29) is 0 Å². The van der Waals surface area contributed by atoms with E-state index in [0.717, 1.165) is 0 Å². The third kappa shape index (κ3) is 3.41. The Morgan fingerprint density at radius 1 is 1.22 bits per heavy atom. The van der Waals surface area contributed by atoms with Crippen LogP contribution in [-0.4, -0.2) is 54.9 Å². The Labute approximate surface area is 105 Å². The first-order chi connectivity index (χ1) is 8.36. The van der Waals surface area contributed by atoms with Gasteiger partial charge in [0.2, 0.25) is 0 Å². The SMILES string of the molecule is COC1C(O)OC(C(C)OC(C)=O)C1OC(C)=O. The van der Waals surface area contributed by atoms with Gasteiger partial charge < -0.3 is 24.1 Å². The van der Waals surface area contributed by atoms with Crippen LogP contribution in [0, 0.1) is 0 Å². The van der Waals surface area contributed by atoms with E-state index in [1.807, 2.05) is 0 Å². The van der Waals surface area contributed by atoms with E-state index in [4.69, 9.17) is 18.9 Å². The average Bonchev–Trinajstić information content (AvgIpc) is 2.53. The highest BCUT2D eigenvalue weighted by Crippen LogP contribution is 2.28. The van der Waals surface area contributed by atoms with Gasteiger partial charge in [0, 0.05) is 21.0 Å². The van der Waals surface area contributed by atoms with Crippen molar-refractivity contribution in [3.8, 4) is 0 Å². The largest absolute Gasteiger partial charge is 0.460 e. The molecule has 0 aromatic rings. The molecule has 0 spiro atoms. The number of carbonyl (C=O) groups excluding carboxylic acids is 2. The summed E-state index contributed by atoms with van der Waals surface area (Å²) in [5.41, 5.74) is 0. The Morgan fingerprint density at radius 2 is 1.83 bits per heavy atom. The van der Waals surface area contributed by atoms with Crippen LogP contribution in [0.25, 0.3) is 0 Å². The second kappa shape index (κ2) is 6.12. The first kappa shape index (κ1) is 14.9. The predicted molar refractivity (Wildman–Crippen MR) is 58.5 cm³/mol. The molecular weight excluding hydrogens is 244 g/mol. The number of esters is 2. The molecule has 0 amide bonds. The van der Waals surface area contributed by atoms with Crippen molar-refractivity contribution in [2.24, 2.45) is 0 Å². The summed E-state index contributed by atoms with van der Waals surface area (Å²) in [5, 5.41) is 9.65. The van der Waals surface area contributed by atoms with Crippen LogP contribution < -0.4 is 0 Å². The summed E-state index contributed by atoms with van der Waals surface area (Å²) in [6, 6.07) is 0. The Balaban J connectivity index is 2.80. The molecule has 0 saturated carbocycles. The summed E-state index contributed by atoms with van der Waals surface area (Å²) < 4.78 is 20.3. The Bertz CT molecular complexity index is 317. The second-order valence-corrected chi connectivity index (χ2v) is 4.08. The van der Waals surface area contributed by atoms with E-state index in [9.17, 15) is 14.7 Å². The lowest BCUT2D eigenvalue weighted by molar-refractivity contribution is -0.171. The van der Waals surface area contributed by atoms with Crippen LogP contribution in [0.4, 0.5) is 0 Å². The van der Waals surface area contributed by atoms with Crippen molar-refractivity contribution in [2.75, 3.05) is 7.11 Å². The van der Waals surface area contributed by atoms with Gasteiger partial charge in [0.15, 0.2) is 12.4 Å². The zero-order chi connectivity index (χ0) is 13.9. The molecule has 1 heterocycles. The minimum atomic E-state index is -1.23. The third-order valence-corrected chi connectivity index (χ3v) is 2.61. The molecule has 1 N–H and O–H groups in total. The highest BCUT2D eigenvalue weighted by atomic mass is 16.7. The van der Waals surface area contributed by atoms with Gasteiger partial charge in [0.25, 0.3) is 0 Å². The van der Waals surface area contributed by atoms with Crippen LogP contribution in [0.15, 0.2) is 0 Å². The van der Waals surface area contributed by atoms with E-state index in [2.05, 4.69) is 0 Å². The molecule has 0 aliphatic carbocycles. The van der Waals surface area contributed by atoms with Crippen LogP contribution in [0.2, 0.25) is 0 Å². The van der Waals surface area contributed by atoms with Crippen molar-refractivity contribution in [3.05, 3.63) is 0 Å². The van der Waals surface area contributed by atoms with Crippen molar-refractivity contribution in [3.63, 3.8) is 0 Å². The van der Waals surface area contributed by atoms with Gasteiger partial charge in [0.1, 0.15) is 18.3 Å². The molecule has 5 atom stereocenters. The molecule has 18 heavy (non-hydrogen) atoms. The standard InChI is InChI=1S/C11H18O7/c1-5(16-6(2)12)8-9(17-7(3)13)10(15-4)11(14)18-8/h5,8-11,14H,1-4H3. The molecular formula is C11H18O7. The number of ether oxygens (including phenoxy) is 4. The molecule has 104 valence electrons. The molecule has 0 bridgehead atoms. The fourth-order valence-electron chi connectivity index (χ4n) is 1.95. The predicted octanol–water partition coefficient (Wildman–Crippen LogP) is -0.398. The lowest BCUT2D eigenvalue weighted by Gasteiger charge is -2.25. The smallest absolute Gasteiger partial charge is 0.303 e. The molecule has 1 rings (SSSR count). The molecule has 7 heteroatoms. The van der Waals surface area contributed by atoms with Crippen LogP contribution >= 0.6 is 0 Å². The molecule has 5 unspecified atom stereocenters. The van der Waals surface area contributed by atoms with Crippen molar-refractivity contribution < 1.29 is 33.6 Å². The summed E-state index contributed by atoms with van der Waals surface area (Å²) >= 11 is 0. The first-order valence-electron chi connectivity index (χ1n) is 5.57. The zero-order valence-corrected chi connectivity index (χ0v) is 10.8. The molecule has 7 nitrogen and oxygen atoms in total. The van der Waals surface area contributed by atoms with E-state index in [1.165, 1.54) is 21.0 Å². The maximum absolute atomic E-state index is 11.0. The fraction of sp³-hybridized carbons (Fsp3) is 0.818. The summed E-state index contributed by atoms with van der Waals surface area (Å²) in [4.78, 5) is 21.9. The summed E-state index contributed by atoms with van der Waals surface area (Å²) in [5.74, 6) is -1.01. The number of hydrogen-bond acceptors (Lipinski definition) is 7. The maximum Gasteiger partial charge on any atom is 0.303 e. The molecule has 0 aromatic carbocycles. The second-order valence-electron chi connectivity index (χ2n) is 4.08. The zero-order valence-electron chi connectivity index (χ0n) is 10.8. The van der Waals surface area contributed by atoms with Gasteiger partial charge in [-0.2, -0.15) is 0 Å². The summed E-state index contributed by atoms with van der Waals surface area (Å²) in [6.07, 6.45) is -4.30. The first-order valence-corrected chi connectivity index (χ1v) is 5.57. The lowest BCUT2D eigenvalue weighted by Crippen LogP contribution is -2.43. The number of rotatable bonds is 4. The van der Waals surface area contributed by atoms with E-state index < -0.39 is 42.6 Å².